The first-order valence-electron chi connectivity index (χ1n) is 5.50. The van der Waals surface area contributed by atoms with Crippen LogP contribution in [0, 0.1) is 0 Å². The van der Waals surface area contributed by atoms with Crippen molar-refractivity contribution in [3.05, 3.63) is 35.4 Å². The molecular formula is C12H18F2N2. The van der Waals surface area contributed by atoms with Gasteiger partial charge in [-0.2, -0.15) is 0 Å². The van der Waals surface area contributed by atoms with Crippen LogP contribution in [0.2, 0.25) is 0 Å². The predicted molar refractivity (Wildman–Crippen MR) is 61.5 cm³/mol. The zero-order chi connectivity index (χ0) is 12.0. The minimum Gasteiger partial charge on any atom is -0.329 e. The first-order valence-corrected chi connectivity index (χ1v) is 5.50. The summed E-state index contributed by atoms with van der Waals surface area (Å²) >= 11 is 0. The van der Waals surface area contributed by atoms with E-state index in [9.17, 15) is 8.78 Å². The average Bonchev–Trinajstić information content (AvgIpc) is 2.30. The molecule has 0 aliphatic rings. The van der Waals surface area contributed by atoms with E-state index in [2.05, 4.69) is 12.2 Å². The van der Waals surface area contributed by atoms with Crippen molar-refractivity contribution in [2.24, 2.45) is 5.73 Å². The summed E-state index contributed by atoms with van der Waals surface area (Å²) in [5.41, 5.74) is 6.50. The highest BCUT2D eigenvalue weighted by molar-refractivity contribution is 5.27. The fraction of sp³-hybridized carbons (Fsp3) is 0.500. The molecule has 1 unspecified atom stereocenters. The quantitative estimate of drug-likeness (QED) is 0.785. The summed E-state index contributed by atoms with van der Waals surface area (Å²) in [5.74, 6) is 0. The van der Waals surface area contributed by atoms with Crippen molar-refractivity contribution in [3.8, 4) is 0 Å². The lowest BCUT2D eigenvalue weighted by molar-refractivity contribution is 0.151. The smallest absolute Gasteiger partial charge is 0.263 e. The third kappa shape index (κ3) is 3.54. The van der Waals surface area contributed by atoms with Gasteiger partial charge in [0.1, 0.15) is 0 Å². The fourth-order valence-corrected chi connectivity index (χ4v) is 1.57. The number of alkyl halides is 2. The standard InChI is InChI=1S/C12H18F2N2/c1-2-6-16-11(8-15)9-4-3-5-10(7-9)12(13)14/h3-5,7,11-12,16H,2,6,8,15H2,1H3. The number of benzene rings is 1. The van der Waals surface area contributed by atoms with Crippen LogP contribution in [-0.4, -0.2) is 13.1 Å². The molecule has 1 atom stereocenters. The van der Waals surface area contributed by atoms with Gasteiger partial charge in [0, 0.05) is 18.2 Å². The normalized spacial score (nSPS) is 13.1. The Morgan fingerprint density at radius 3 is 2.56 bits per heavy atom. The summed E-state index contributed by atoms with van der Waals surface area (Å²) in [6.07, 6.45) is -1.44. The molecule has 0 aliphatic heterocycles. The lowest BCUT2D eigenvalue weighted by Gasteiger charge is -2.17. The SMILES string of the molecule is CCCNC(CN)c1cccc(C(F)F)c1. The Hall–Kier alpha value is -1.00. The van der Waals surface area contributed by atoms with Crippen molar-refractivity contribution < 1.29 is 8.78 Å². The van der Waals surface area contributed by atoms with Gasteiger partial charge in [0.15, 0.2) is 0 Å². The van der Waals surface area contributed by atoms with E-state index < -0.39 is 6.43 Å². The van der Waals surface area contributed by atoms with Gasteiger partial charge in [0.05, 0.1) is 0 Å². The largest absolute Gasteiger partial charge is 0.329 e. The summed E-state index contributed by atoms with van der Waals surface area (Å²) in [5, 5.41) is 3.23. The highest BCUT2D eigenvalue weighted by atomic mass is 19.3. The lowest BCUT2D eigenvalue weighted by Crippen LogP contribution is -2.28. The number of hydrogen-bond donors (Lipinski definition) is 2. The molecule has 0 heterocycles. The molecule has 0 fully saturated rings. The van der Waals surface area contributed by atoms with Gasteiger partial charge in [-0.05, 0) is 24.6 Å². The van der Waals surface area contributed by atoms with Crippen LogP contribution in [0.1, 0.15) is 36.9 Å². The van der Waals surface area contributed by atoms with E-state index in [0.29, 0.717) is 6.54 Å². The third-order valence-electron chi connectivity index (χ3n) is 2.44. The molecule has 16 heavy (non-hydrogen) atoms. The molecule has 4 heteroatoms. The van der Waals surface area contributed by atoms with E-state index in [4.69, 9.17) is 5.73 Å². The molecule has 0 aromatic heterocycles. The molecule has 0 amide bonds. The topological polar surface area (TPSA) is 38.0 Å². The predicted octanol–water partition coefficient (Wildman–Crippen LogP) is 2.62. The van der Waals surface area contributed by atoms with E-state index in [-0.39, 0.29) is 11.6 Å². The van der Waals surface area contributed by atoms with Gasteiger partial charge >= 0.3 is 0 Å². The Labute approximate surface area is 94.8 Å². The summed E-state index contributed by atoms with van der Waals surface area (Å²) in [7, 11) is 0. The summed E-state index contributed by atoms with van der Waals surface area (Å²) in [6.45, 7) is 3.30. The number of nitrogens with one attached hydrogen (secondary N) is 1. The van der Waals surface area contributed by atoms with Crippen LogP contribution in [0.25, 0.3) is 0 Å². The Morgan fingerprint density at radius 1 is 1.31 bits per heavy atom. The molecule has 0 spiro atoms. The second-order valence-electron chi connectivity index (χ2n) is 3.71. The summed E-state index contributed by atoms with van der Waals surface area (Å²) in [4.78, 5) is 0. The van der Waals surface area contributed by atoms with Crippen LogP contribution in [0.4, 0.5) is 8.78 Å². The molecule has 1 rings (SSSR count). The maximum atomic E-state index is 12.5. The maximum absolute atomic E-state index is 12.5. The zero-order valence-electron chi connectivity index (χ0n) is 9.42. The minimum absolute atomic E-state index is 0.0429. The van der Waals surface area contributed by atoms with Crippen LogP contribution in [-0.2, 0) is 0 Å². The molecule has 0 saturated heterocycles. The Morgan fingerprint density at radius 2 is 2.00 bits per heavy atom. The molecule has 1 aromatic rings. The number of hydrogen-bond acceptors (Lipinski definition) is 2. The molecular weight excluding hydrogens is 210 g/mol. The first kappa shape index (κ1) is 13.1. The van der Waals surface area contributed by atoms with E-state index >= 15 is 0 Å². The molecule has 1 aromatic carbocycles. The lowest BCUT2D eigenvalue weighted by atomic mass is 10.0. The molecule has 3 N–H and O–H groups in total. The van der Waals surface area contributed by atoms with Gasteiger partial charge in [-0.15, -0.1) is 0 Å². The van der Waals surface area contributed by atoms with Crippen molar-refractivity contribution in [1.29, 1.82) is 0 Å². The molecule has 90 valence electrons. The third-order valence-corrected chi connectivity index (χ3v) is 2.44. The van der Waals surface area contributed by atoms with Crippen molar-refractivity contribution >= 4 is 0 Å². The Balaban J connectivity index is 2.79. The highest BCUT2D eigenvalue weighted by Gasteiger charge is 2.12. The van der Waals surface area contributed by atoms with Crippen molar-refractivity contribution in [2.45, 2.75) is 25.8 Å². The van der Waals surface area contributed by atoms with E-state index in [0.717, 1.165) is 18.5 Å². The molecule has 0 radical (unpaired) electrons. The highest BCUT2D eigenvalue weighted by Crippen LogP contribution is 2.22. The fourth-order valence-electron chi connectivity index (χ4n) is 1.57. The van der Waals surface area contributed by atoms with Crippen molar-refractivity contribution in [3.63, 3.8) is 0 Å². The summed E-state index contributed by atoms with van der Waals surface area (Å²) in [6, 6.07) is 6.38. The second-order valence-corrected chi connectivity index (χ2v) is 3.71. The van der Waals surface area contributed by atoms with Crippen LogP contribution in [0.5, 0.6) is 0 Å². The van der Waals surface area contributed by atoms with Crippen molar-refractivity contribution in [1.82, 2.24) is 5.32 Å². The van der Waals surface area contributed by atoms with Gasteiger partial charge in [0.25, 0.3) is 6.43 Å². The Bertz CT molecular complexity index is 316. The first-order chi connectivity index (χ1) is 7.69. The Kier molecular flexibility index (Phi) is 5.35. The van der Waals surface area contributed by atoms with E-state index in [1.54, 1.807) is 6.07 Å². The zero-order valence-corrected chi connectivity index (χ0v) is 9.42. The van der Waals surface area contributed by atoms with Crippen LogP contribution in [0.3, 0.4) is 0 Å². The minimum atomic E-state index is -2.43. The van der Waals surface area contributed by atoms with E-state index in [1.807, 2.05) is 6.07 Å². The van der Waals surface area contributed by atoms with Crippen LogP contribution in [0.15, 0.2) is 24.3 Å². The second kappa shape index (κ2) is 6.55. The molecule has 0 saturated carbocycles. The van der Waals surface area contributed by atoms with E-state index in [1.165, 1.54) is 12.1 Å². The van der Waals surface area contributed by atoms with Crippen molar-refractivity contribution in [2.75, 3.05) is 13.1 Å². The number of rotatable bonds is 6. The molecule has 0 bridgehead atoms. The van der Waals surface area contributed by atoms with Crippen LogP contribution < -0.4 is 11.1 Å². The van der Waals surface area contributed by atoms with Crippen LogP contribution >= 0.6 is 0 Å². The maximum Gasteiger partial charge on any atom is 0.263 e. The van der Waals surface area contributed by atoms with Gasteiger partial charge in [0.2, 0.25) is 0 Å². The number of nitrogens with two attached hydrogens (primary N) is 1. The van der Waals surface area contributed by atoms with Gasteiger partial charge < -0.3 is 11.1 Å². The average molecular weight is 228 g/mol. The number of halogens is 2. The van der Waals surface area contributed by atoms with Gasteiger partial charge in [-0.1, -0.05) is 25.1 Å². The van der Waals surface area contributed by atoms with Gasteiger partial charge in [-0.3, -0.25) is 0 Å². The molecule has 0 aliphatic carbocycles. The molecule has 2 nitrogen and oxygen atoms in total. The van der Waals surface area contributed by atoms with Gasteiger partial charge in [-0.25, -0.2) is 8.78 Å². The monoisotopic (exact) mass is 228 g/mol. The summed E-state index contributed by atoms with van der Waals surface area (Å²) < 4.78 is 25.0.